The van der Waals surface area contributed by atoms with Crippen molar-refractivity contribution >= 4 is 29.5 Å². The van der Waals surface area contributed by atoms with Gasteiger partial charge in [-0.05, 0) is 26.0 Å². The zero-order valence-electron chi connectivity index (χ0n) is 13.9. The van der Waals surface area contributed by atoms with Crippen LogP contribution in [0.2, 0.25) is 0 Å². The maximum atomic E-state index is 12.3. The van der Waals surface area contributed by atoms with Gasteiger partial charge in [0.15, 0.2) is 5.16 Å². The van der Waals surface area contributed by atoms with E-state index in [1.54, 1.807) is 6.92 Å². The molecule has 0 unspecified atom stereocenters. The van der Waals surface area contributed by atoms with Crippen molar-refractivity contribution < 1.29 is 14.3 Å². The van der Waals surface area contributed by atoms with E-state index in [0.717, 1.165) is 25.7 Å². The number of hydrogen-bond donors (Lipinski definition) is 1. The summed E-state index contributed by atoms with van der Waals surface area (Å²) in [5, 5.41) is 3.66. The lowest BCUT2D eigenvalue weighted by molar-refractivity contribution is -0.122. The van der Waals surface area contributed by atoms with Gasteiger partial charge in [-0.2, -0.15) is 0 Å². The number of carbonyl (C=O) groups is 2. The Hall–Kier alpha value is -1.83. The van der Waals surface area contributed by atoms with E-state index in [2.05, 4.69) is 15.3 Å². The van der Waals surface area contributed by atoms with Crippen LogP contribution in [0, 0.1) is 0 Å². The molecule has 2 atom stereocenters. The molecule has 0 spiro atoms. The van der Waals surface area contributed by atoms with Crippen LogP contribution in [-0.4, -0.2) is 53.3 Å². The number of hydrogen-bond acceptors (Lipinski definition) is 7. The molecule has 0 radical (unpaired) electrons. The molecule has 24 heavy (non-hydrogen) atoms. The second-order valence-electron chi connectivity index (χ2n) is 5.97. The number of esters is 1. The van der Waals surface area contributed by atoms with Crippen LogP contribution in [0.15, 0.2) is 11.4 Å². The van der Waals surface area contributed by atoms with E-state index in [1.165, 1.54) is 18.0 Å². The third-order valence-corrected chi connectivity index (χ3v) is 5.05. The number of piperazine rings is 1. The summed E-state index contributed by atoms with van der Waals surface area (Å²) in [5.41, 5.74) is 0.327. The molecular formula is C16H22N4O3S. The number of rotatable bonds is 4. The molecule has 0 aromatic carbocycles. The zero-order chi connectivity index (χ0) is 17.1. The summed E-state index contributed by atoms with van der Waals surface area (Å²) in [7, 11) is 0. The SMILES string of the molecule is CCOC(=O)c1cnc(SC)nc1N1CC(=O)N[C@H]2CCCC[C@H]21. The summed E-state index contributed by atoms with van der Waals surface area (Å²) in [5.74, 6) is 0.0373. The zero-order valence-corrected chi connectivity index (χ0v) is 14.8. The highest BCUT2D eigenvalue weighted by molar-refractivity contribution is 7.98. The maximum absolute atomic E-state index is 12.3. The largest absolute Gasteiger partial charge is 0.462 e. The average molecular weight is 350 g/mol. The van der Waals surface area contributed by atoms with Crippen molar-refractivity contribution in [2.45, 2.75) is 49.8 Å². The number of amides is 1. The fraction of sp³-hybridized carbons (Fsp3) is 0.625. The first-order valence-corrected chi connectivity index (χ1v) is 9.50. The summed E-state index contributed by atoms with van der Waals surface area (Å²) in [6.07, 6.45) is 7.56. The normalized spacial score (nSPS) is 23.4. The molecule has 2 fully saturated rings. The molecule has 1 saturated heterocycles. The van der Waals surface area contributed by atoms with Gasteiger partial charge in [-0.1, -0.05) is 24.6 Å². The lowest BCUT2D eigenvalue weighted by Crippen LogP contribution is -2.62. The second-order valence-corrected chi connectivity index (χ2v) is 6.74. The van der Waals surface area contributed by atoms with Crippen LogP contribution in [0.1, 0.15) is 43.0 Å². The molecule has 1 N–H and O–H groups in total. The Kier molecular flexibility index (Phi) is 5.23. The fourth-order valence-electron chi connectivity index (χ4n) is 3.44. The molecule has 2 aliphatic rings. The van der Waals surface area contributed by atoms with Gasteiger partial charge in [0.05, 0.1) is 19.2 Å². The number of nitrogens with zero attached hydrogens (tertiary/aromatic N) is 3. The molecule has 1 aromatic heterocycles. The third kappa shape index (κ3) is 3.33. The predicted octanol–water partition coefficient (Wildman–Crippen LogP) is 1.62. The van der Waals surface area contributed by atoms with Crippen molar-refractivity contribution in [3.63, 3.8) is 0 Å². The molecule has 1 aliphatic heterocycles. The molecule has 8 heteroatoms. The number of nitrogens with one attached hydrogen (secondary N) is 1. The Balaban J connectivity index is 2.01. The number of carbonyl (C=O) groups excluding carboxylic acids is 2. The van der Waals surface area contributed by atoms with Gasteiger partial charge < -0.3 is 15.0 Å². The minimum atomic E-state index is -0.446. The number of anilines is 1. The van der Waals surface area contributed by atoms with Gasteiger partial charge in [0.25, 0.3) is 0 Å². The lowest BCUT2D eigenvalue weighted by Gasteiger charge is -2.44. The van der Waals surface area contributed by atoms with Crippen LogP contribution in [-0.2, 0) is 9.53 Å². The van der Waals surface area contributed by atoms with Gasteiger partial charge in [0.1, 0.15) is 11.4 Å². The standard InChI is InChI=1S/C16H22N4O3S/c1-3-23-15(22)10-8-17-16(24-2)19-14(10)20-9-13(21)18-11-6-4-5-7-12(11)20/h8,11-12H,3-7,9H2,1-2H3,(H,18,21)/t11-,12+/m0/s1. The van der Waals surface area contributed by atoms with E-state index >= 15 is 0 Å². The van der Waals surface area contributed by atoms with E-state index in [-0.39, 0.29) is 31.1 Å². The molecule has 1 aromatic rings. The Bertz CT molecular complexity index is 640. The van der Waals surface area contributed by atoms with Gasteiger partial charge in [0.2, 0.25) is 5.91 Å². The fourth-order valence-corrected chi connectivity index (χ4v) is 3.77. The van der Waals surface area contributed by atoms with Crippen LogP contribution < -0.4 is 10.2 Å². The van der Waals surface area contributed by atoms with Crippen LogP contribution >= 0.6 is 11.8 Å². The van der Waals surface area contributed by atoms with Crippen molar-refractivity contribution in [3.05, 3.63) is 11.8 Å². The Morgan fingerprint density at radius 2 is 2.25 bits per heavy atom. The van der Waals surface area contributed by atoms with E-state index in [0.29, 0.717) is 16.5 Å². The van der Waals surface area contributed by atoms with Gasteiger partial charge in [-0.15, -0.1) is 0 Å². The van der Waals surface area contributed by atoms with Gasteiger partial charge >= 0.3 is 5.97 Å². The molecule has 3 rings (SSSR count). The maximum Gasteiger partial charge on any atom is 0.343 e. The summed E-state index contributed by atoms with van der Waals surface area (Å²) < 4.78 is 5.14. The minimum absolute atomic E-state index is 0.0303. The number of ether oxygens (including phenoxy) is 1. The highest BCUT2D eigenvalue weighted by Crippen LogP contribution is 2.31. The van der Waals surface area contributed by atoms with Gasteiger partial charge in [-0.25, -0.2) is 14.8 Å². The first-order chi connectivity index (χ1) is 11.6. The number of fused-ring (bicyclic) bond motifs is 1. The van der Waals surface area contributed by atoms with E-state index < -0.39 is 5.97 Å². The summed E-state index contributed by atoms with van der Waals surface area (Å²) in [6, 6.07) is 0.275. The molecule has 0 bridgehead atoms. The molecular weight excluding hydrogens is 328 g/mol. The molecule has 7 nitrogen and oxygen atoms in total. The predicted molar refractivity (Wildman–Crippen MR) is 91.3 cm³/mol. The van der Waals surface area contributed by atoms with Crippen LogP contribution in [0.4, 0.5) is 5.82 Å². The monoisotopic (exact) mass is 350 g/mol. The van der Waals surface area contributed by atoms with Crippen molar-refractivity contribution in [1.29, 1.82) is 0 Å². The molecule has 1 aliphatic carbocycles. The Morgan fingerprint density at radius 1 is 1.46 bits per heavy atom. The van der Waals surface area contributed by atoms with Crippen molar-refractivity contribution in [1.82, 2.24) is 15.3 Å². The second kappa shape index (κ2) is 7.38. The van der Waals surface area contributed by atoms with Crippen molar-refractivity contribution in [2.24, 2.45) is 0 Å². The molecule has 2 heterocycles. The number of aromatic nitrogens is 2. The summed E-state index contributed by atoms with van der Waals surface area (Å²) in [6.45, 7) is 2.26. The Morgan fingerprint density at radius 3 is 3.00 bits per heavy atom. The lowest BCUT2D eigenvalue weighted by atomic mass is 9.87. The first kappa shape index (κ1) is 17.0. The van der Waals surface area contributed by atoms with Crippen molar-refractivity contribution in [3.8, 4) is 0 Å². The topological polar surface area (TPSA) is 84.4 Å². The summed E-state index contributed by atoms with van der Waals surface area (Å²) >= 11 is 1.41. The van der Waals surface area contributed by atoms with E-state index in [1.807, 2.05) is 11.2 Å². The smallest absolute Gasteiger partial charge is 0.343 e. The third-order valence-electron chi connectivity index (χ3n) is 4.49. The summed E-state index contributed by atoms with van der Waals surface area (Å²) in [4.78, 5) is 35.2. The highest BCUT2D eigenvalue weighted by Gasteiger charge is 2.38. The molecule has 130 valence electrons. The van der Waals surface area contributed by atoms with E-state index in [9.17, 15) is 9.59 Å². The number of thioether (sulfide) groups is 1. The molecule has 1 amide bonds. The van der Waals surface area contributed by atoms with E-state index in [4.69, 9.17) is 4.74 Å². The molecule has 1 saturated carbocycles. The van der Waals surface area contributed by atoms with Crippen LogP contribution in [0.25, 0.3) is 0 Å². The highest BCUT2D eigenvalue weighted by atomic mass is 32.2. The van der Waals surface area contributed by atoms with Crippen molar-refractivity contribution in [2.75, 3.05) is 24.3 Å². The van der Waals surface area contributed by atoms with Crippen LogP contribution in [0.5, 0.6) is 0 Å². The van der Waals surface area contributed by atoms with Crippen LogP contribution in [0.3, 0.4) is 0 Å². The average Bonchev–Trinajstić information content (AvgIpc) is 2.60. The van der Waals surface area contributed by atoms with Gasteiger partial charge in [-0.3, -0.25) is 4.79 Å². The quantitative estimate of drug-likeness (QED) is 0.502. The van der Waals surface area contributed by atoms with Gasteiger partial charge in [0, 0.05) is 12.2 Å². The Labute approximate surface area is 145 Å². The first-order valence-electron chi connectivity index (χ1n) is 8.28. The minimum Gasteiger partial charge on any atom is -0.462 e.